The number of benzene rings is 1. The molecule has 0 aromatic heterocycles. The maximum absolute atomic E-state index is 10.9. The Morgan fingerprint density at radius 2 is 1.93 bits per heavy atom. The van der Waals surface area contributed by atoms with Crippen molar-refractivity contribution in [2.24, 2.45) is 0 Å². The van der Waals surface area contributed by atoms with Gasteiger partial charge in [0.1, 0.15) is 6.10 Å². The van der Waals surface area contributed by atoms with Crippen LogP contribution in [0.5, 0.6) is 0 Å². The molecule has 4 atom stereocenters. The zero-order valence-corrected chi connectivity index (χ0v) is 18.8. The minimum absolute atomic E-state index is 0.141. The molecule has 4 unspecified atom stereocenters. The molecule has 1 aromatic carbocycles. The third-order valence-electron chi connectivity index (χ3n) is 5.20. The van der Waals surface area contributed by atoms with Gasteiger partial charge in [-0.2, -0.15) is 0 Å². The fraction of sp³-hybridized carbons (Fsp3) is 0.727. The van der Waals surface area contributed by atoms with Crippen LogP contribution < -0.4 is 0 Å². The van der Waals surface area contributed by atoms with Crippen LogP contribution in [0.1, 0.15) is 56.8 Å². The lowest BCUT2D eigenvalue weighted by molar-refractivity contribution is -0.161. The van der Waals surface area contributed by atoms with Crippen molar-refractivity contribution >= 4 is 11.6 Å². The molecule has 0 radical (unpaired) electrons. The van der Waals surface area contributed by atoms with E-state index in [0.717, 1.165) is 44.1 Å². The van der Waals surface area contributed by atoms with Gasteiger partial charge in [-0.3, -0.25) is 0 Å². The molecular weight excluding hydrogens is 412 g/mol. The van der Waals surface area contributed by atoms with E-state index >= 15 is 0 Å². The van der Waals surface area contributed by atoms with Gasteiger partial charge in [-0.05, 0) is 62.8 Å². The van der Waals surface area contributed by atoms with E-state index in [1.54, 1.807) is 19.9 Å². The van der Waals surface area contributed by atoms with Crippen LogP contribution in [0.25, 0.3) is 0 Å². The van der Waals surface area contributed by atoms with Crippen molar-refractivity contribution in [1.29, 1.82) is 0 Å². The monoisotopic (exact) mass is 446 g/mol. The minimum Gasteiger partial charge on any atom is -0.400 e. The first-order valence-corrected chi connectivity index (χ1v) is 10.9. The predicted molar refractivity (Wildman–Crippen MR) is 113 cm³/mol. The standard InChI is InChI=1S/C21H31ClO6.CH4O/c1-21(2)27-18(19(13-23)28-21)12-17(24)16-7-6-15(22)11-14(16)8-10-26-20-5-3-4-9-25-20;1-2/h6-7,11,17-20,23-24H,3-5,8-10,12-13H2,1-2H3;2H,1H3. The molecule has 0 bridgehead atoms. The smallest absolute Gasteiger partial charge is 0.163 e. The van der Waals surface area contributed by atoms with E-state index in [4.69, 9.17) is 35.7 Å². The summed E-state index contributed by atoms with van der Waals surface area (Å²) in [5.74, 6) is -0.769. The third kappa shape index (κ3) is 7.43. The Morgan fingerprint density at radius 3 is 2.60 bits per heavy atom. The van der Waals surface area contributed by atoms with E-state index in [9.17, 15) is 10.2 Å². The molecule has 2 aliphatic rings. The first-order chi connectivity index (χ1) is 14.4. The zero-order chi connectivity index (χ0) is 22.1. The van der Waals surface area contributed by atoms with Crippen molar-refractivity contribution in [3.63, 3.8) is 0 Å². The van der Waals surface area contributed by atoms with Crippen LogP contribution in [0.3, 0.4) is 0 Å². The zero-order valence-electron chi connectivity index (χ0n) is 18.1. The summed E-state index contributed by atoms with van der Waals surface area (Å²) in [5.41, 5.74) is 1.73. The highest BCUT2D eigenvalue weighted by Gasteiger charge is 2.41. The number of ether oxygens (including phenoxy) is 4. The van der Waals surface area contributed by atoms with Crippen LogP contribution in [-0.4, -0.2) is 66.5 Å². The van der Waals surface area contributed by atoms with Crippen LogP contribution in [0, 0.1) is 0 Å². The van der Waals surface area contributed by atoms with Gasteiger partial charge in [0.05, 0.1) is 25.4 Å². The van der Waals surface area contributed by atoms with Crippen molar-refractivity contribution in [2.45, 2.75) is 76.3 Å². The number of hydrogen-bond acceptors (Lipinski definition) is 7. The second-order valence-corrected chi connectivity index (χ2v) is 8.34. The SMILES string of the molecule is CC1(C)OC(CO)C(CC(O)c2ccc(Cl)cc2CCOC2CCCCO2)O1.CO. The van der Waals surface area contributed by atoms with Gasteiger partial charge >= 0.3 is 0 Å². The van der Waals surface area contributed by atoms with E-state index in [-0.39, 0.29) is 19.0 Å². The van der Waals surface area contributed by atoms with Crippen LogP contribution in [0.2, 0.25) is 5.02 Å². The highest BCUT2D eigenvalue weighted by molar-refractivity contribution is 6.30. The minimum atomic E-state index is -0.769. The first-order valence-electron chi connectivity index (χ1n) is 10.5. The van der Waals surface area contributed by atoms with E-state index < -0.39 is 18.0 Å². The van der Waals surface area contributed by atoms with Crippen LogP contribution in [-0.2, 0) is 25.4 Å². The molecule has 172 valence electrons. The van der Waals surface area contributed by atoms with Crippen LogP contribution >= 0.6 is 11.6 Å². The fourth-order valence-electron chi connectivity index (χ4n) is 3.87. The molecule has 0 aliphatic carbocycles. The van der Waals surface area contributed by atoms with Gasteiger partial charge in [-0.15, -0.1) is 0 Å². The average molecular weight is 447 g/mol. The third-order valence-corrected chi connectivity index (χ3v) is 5.43. The molecule has 0 spiro atoms. The first kappa shape index (κ1) is 25.5. The van der Waals surface area contributed by atoms with Gasteiger partial charge in [0.2, 0.25) is 0 Å². The normalized spacial score (nSPS) is 26.7. The highest BCUT2D eigenvalue weighted by atomic mass is 35.5. The average Bonchev–Trinajstić information content (AvgIpc) is 3.03. The maximum atomic E-state index is 10.9. The molecular formula is C22H35ClO7. The van der Waals surface area contributed by atoms with Gasteiger partial charge in [-0.25, -0.2) is 0 Å². The van der Waals surface area contributed by atoms with Crippen molar-refractivity contribution in [3.05, 3.63) is 34.3 Å². The lowest BCUT2D eigenvalue weighted by atomic mass is 9.95. The Balaban J connectivity index is 0.00000155. The Labute approximate surface area is 183 Å². The van der Waals surface area contributed by atoms with E-state index in [0.29, 0.717) is 24.5 Å². The van der Waals surface area contributed by atoms with Crippen molar-refractivity contribution in [2.75, 3.05) is 26.9 Å². The second kappa shape index (κ2) is 12.3. The summed E-state index contributed by atoms with van der Waals surface area (Å²) in [6.07, 6.45) is 2.35. The second-order valence-electron chi connectivity index (χ2n) is 7.91. The van der Waals surface area contributed by atoms with Crippen molar-refractivity contribution < 1.29 is 34.3 Å². The molecule has 8 heteroatoms. The molecule has 2 heterocycles. The Hall–Kier alpha value is -0.770. The molecule has 7 nitrogen and oxygen atoms in total. The molecule has 3 rings (SSSR count). The van der Waals surface area contributed by atoms with E-state index in [2.05, 4.69) is 0 Å². The van der Waals surface area contributed by atoms with E-state index in [1.165, 1.54) is 0 Å². The highest BCUT2D eigenvalue weighted by Crippen LogP contribution is 2.34. The maximum Gasteiger partial charge on any atom is 0.163 e. The largest absolute Gasteiger partial charge is 0.400 e. The predicted octanol–water partition coefficient (Wildman–Crippen LogP) is 2.97. The summed E-state index contributed by atoms with van der Waals surface area (Å²) < 4.78 is 23.0. The van der Waals surface area contributed by atoms with Gasteiger partial charge in [0, 0.05) is 25.2 Å². The number of halogens is 1. The number of hydrogen-bond donors (Lipinski definition) is 3. The van der Waals surface area contributed by atoms with Gasteiger partial charge in [0.25, 0.3) is 0 Å². The molecule has 3 N–H and O–H groups in total. The molecule has 30 heavy (non-hydrogen) atoms. The summed E-state index contributed by atoms with van der Waals surface area (Å²) in [5, 5.41) is 28.0. The summed E-state index contributed by atoms with van der Waals surface area (Å²) >= 11 is 6.18. The quantitative estimate of drug-likeness (QED) is 0.564. The molecule has 0 saturated carbocycles. The summed E-state index contributed by atoms with van der Waals surface area (Å²) in [4.78, 5) is 0. The Kier molecular flexibility index (Phi) is 10.5. The lowest BCUT2D eigenvalue weighted by Gasteiger charge is -2.24. The molecule has 2 aliphatic heterocycles. The summed E-state index contributed by atoms with van der Waals surface area (Å²) in [6, 6.07) is 5.48. The van der Waals surface area contributed by atoms with Gasteiger partial charge in [0.15, 0.2) is 12.1 Å². The lowest BCUT2D eigenvalue weighted by Crippen LogP contribution is -2.28. The van der Waals surface area contributed by atoms with Crippen molar-refractivity contribution in [3.8, 4) is 0 Å². The fourth-order valence-corrected chi connectivity index (χ4v) is 4.06. The summed E-state index contributed by atoms with van der Waals surface area (Å²) in [6.45, 7) is 4.71. The number of aliphatic hydroxyl groups excluding tert-OH is 3. The molecule has 1 aromatic rings. The van der Waals surface area contributed by atoms with Crippen LogP contribution in [0.4, 0.5) is 0 Å². The molecule has 0 amide bonds. The van der Waals surface area contributed by atoms with Crippen molar-refractivity contribution in [1.82, 2.24) is 0 Å². The summed E-state index contributed by atoms with van der Waals surface area (Å²) in [7, 11) is 1.00. The molecule has 2 saturated heterocycles. The molecule has 2 fully saturated rings. The van der Waals surface area contributed by atoms with Gasteiger partial charge < -0.3 is 34.3 Å². The van der Waals surface area contributed by atoms with Gasteiger partial charge in [-0.1, -0.05) is 17.7 Å². The van der Waals surface area contributed by atoms with E-state index in [1.807, 2.05) is 12.1 Å². The number of aliphatic hydroxyl groups is 3. The number of rotatable bonds is 8. The van der Waals surface area contributed by atoms with Crippen LogP contribution in [0.15, 0.2) is 18.2 Å². The topological polar surface area (TPSA) is 97.6 Å². The Morgan fingerprint density at radius 1 is 1.20 bits per heavy atom. The Bertz CT molecular complexity index is 634.